The molecule has 0 bridgehead atoms. The summed E-state index contributed by atoms with van der Waals surface area (Å²) in [6.45, 7) is 5.32. The van der Waals surface area contributed by atoms with E-state index < -0.39 is 0 Å². The van der Waals surface area contributed by atoms with E-state index in [2.05, 4.69) is 43.7 Å². The number of nitrogens with one attached hydrogen (secondary N) is 2. The SMILES string of the molecule is COc1cc(Nc2nc(Nc3cccc(CN4CCCCC4)c3)ncc2C)ccc1Cl. The van der Waals surface area contributed by atoms with Gasteiger partial charge in [0.05, 0.1) is 12.1 Å². The van der Waals surface area contributed by atoms with E-state index in [1.54, 1.807) is 13.2 Å². The van der Waals surface area contributed by atoms with Crippen molar-refractivity contribution >= 4 is 34.7 Å². The molecule has 1 fully saturated rings. The van der Waals surface area contributed by atoms with Gasteiger partial charge in [-0.3, -0.25) is 4.90 Å². The third-order valence-corrected chi connectivity index (χ3v) is 5.74. The summed E-state index contributed by atoms with van der Waals surface area (Å²) < 4.78 is 5.30. The van der Waals surface area contributed by atoms with Gasteiger partial charge in [-0.15, -0.1) is 0 Å². The quantitative estimate of drug-likeness (QED) is 0.478. The Morgan fingerprint density at radius 3 is 2.65 bits per heavy atom. The van der Waals surface area contributed by atoms with E-state index in [1.165, 1.54) is 37.9 Å². The molecule has 0 unspecified atom stereocenters. The number of aryl methyl sites for hydroxylation is 1. The van der Waals surface area contributed by atoms with Crippen molar-refractivity contribution in [2.45, 2.75) is 32.7 Å². The zero-order valence-electron chi connectivity index (χ0n) is 18.0. The molecule has 31 heavy (non-hydrogen) atoms. The first-order valence-corrected chi connectivity index (χ1v) is 11.0. The van der Waals surface area contributed by atoms with E-state index in [-0.39, 0.29) is 0 Å². The van der Waals surface area contributed by atoms with Crippen LogP contribution >= 0.6 is 11.6 Å². The van der Waals surface area contributed by atoms with Crippen LogP contribution in [0, 0.1) is 6.92 Å². The highest BCUT2D eigenvalue weighted by molar-refractivity contribution is 6.32. The zero-order chi connectivity index (χ0) is 21.6. The standard InChI is InChI=1S/C24H28ClN5O/c1-17-15-26-24(29-23(17)27-20-9-10-21(25)22(14-20)31-2)28-19-8-6-7-18(13-19)16-30-11-4-3-5-12-30/h6-10,13-15H,3-5,11-12,16H2,1-2H3,(H2,26,27,28,29). The maximum atomic E-state index is 6.13. The van der Waals surface area contributed by atoms with E-state index in [0.717, 1.165) is 29.3 Å². The van der Waals surface area contributed by atoms with Gasteiger partial charge >= 0.3 is 0 Å². The Labute approximate surface area is 188 Å². The minimum Gasteiger partial charge on any atom is -0.495 e. The van der Waals surface area contributed by atoms with Crippen LogP contribution in [0.15, 0.2) is 48.7 Å². The lowest BCUT2D eigenvalue weighted by molar-refractivity contribution is 0.221. The van der Waals surface area contributed by atoms with E-state index in [4.69, 9.17) is 16.3 Å². The molecule has 6 nitrogen and oxygen atoms in total. The third kappa shape index (κ3) is 5.66. The summed E-state index contributed by atoms with van der Waals surface area (Å²) in [4.78, 5) is 11.6. The summed E-state index contributed by atoms with van der Waals surface area (Å²) in [5.74, 6) is 1.89. The van der Waals surface area contributed by atoms with Gasteiger partial charge in [0.15, 0.2) is 0 Å². The van der Waals surface area contributed by atoms with Crippen molar-refractivity contribution in [1.29, 1.82) is 0 Å². The highest BCUT2D eigenvalue weighted by atomic mass is 35.5. The maximum Gasteiger partial charge on any atom is 0.229 e. The Bertz CT molecular complexity index is 1040. The number of halogens is 1. The molecule has 0 saturated carbocycles. The Morgan fingerprint density at radius 1 is 1.03 bits per heavy atom. The van der Waals surface area contributed by atoms with Crippen LogP contribution in [0.3, 0.4) is 0 Å². The summed E-state index contributed by atoms with van der Waals surface area (Å²) in [5, 5.41) is 7.24. The van der Waals surface area contributed by atoms with Crippen LogP contribution in [-0.4, -0.2) is 35.1 Å². The Morgan fingerprint density at radius 2 is 1.84 bits per heavy atom. The van der Waals surface area contributed by atoms with Crippen LogP contribution in [0.25, 0.3) is 0 Å². The number of nitrogens with zero attached hydrogens (tertiary/aromatic N) is 3. The van der Waals surface area contributed by atoms with Crippen molar-refractivity contribution < 1.29 is 4.74 Å². The lowest BCUT2D eigenvalue weighted by atomic mass is 10.1. The minimum absolute atomic E-state index is 0.546. The van der Waals surface area contributed by atoms with Crippen molar-refractivity contribution in [3.8, 4) is 5.75 Å². The summed E-state index contributed by atoms with van der Waals surface area (Å²) >= 11 is 6.13. The monoisotopic (exact) mass is 437 g/mol. The van der Waals surface area contributed by atoms with Crippen molar-refractivity contribution in [3.63, 3.8) is 0 Å². The van der Waals surface area contributed by atoms with Gasteiger partial charge < -0.3 is 15.4 Å². The molecule has 3 aromatic rings. The molecular weight excluding hydrogens is 410 g/mol. The van der Waals surface area contributed by atoms with Gasteiger partial charge in [-0.2, -0.15) is 4.98 Å². The van der Waals surface area contributed by atoms with Crippen LogP contribution in [0.4, 0.5) is 23.1 Å². The first-order valence-electron chi connectivity index (χ1n) is 10.6. The molecule has 0 aliphatic carbocycles. The molecule has 1 aliphatic rings. The van der Waals surface area contributed by atoms with Crippen LogP contribution in [0.2, 0.25) is 5.02 Å². The highest BCUT2D eigenvalue weighted by Crippen LogP contribution is 2.29. The smallest absolute Gasteiger partial charge is 0.229 e. The Kier molecular flexibility index (Phi) is 6.89. The predicted molar refractivity (Wildman–Crippen MR) is 127 cm³/mol. The average Bonchev–Trinajstić information content (AvgIpc) is 2.78. The van der Waals surface area contributed by atoms with Crippen molar-refractivity contribution in [2.24, 2.45) is 0 Å². The number of rotatable bonds is 7. The fraction of sp³-hybridized carbons (Fsp3) is 0.333. The largest absolute Gasteiger partial charge is 0.495 e. The van der Waals surface area contributed by atoms with Gasteiger partial charge in [0.25, 0.3) is 0 Å². The fourth-order valence-electron chi connectivity index (χ4n) is 3.76. The van der Waals surface area contributed by atoms with E-state index >= 15 is 0 Å². The second kappa shape index (κ2) is 9.98. The molecule has 1 aliphatic heterocycles. The normalized spacial score (nSPS) is 14.3. The zero-order valence-corrected chi connectivity index (χ0v) is 18.7. The first kappa shape index (κ1) is 21.4. The van der Waals surface area contributed by atoms with E-state index in [1.807, 2.05) is 31.3 Å². The molecule has 1 saturated heterocycles. The number of piperidine rings is 1. The Hall–Kier alpha value is -2.83. The summed E-state index contributed by atoms with van der Waals surface area (Å²) in [6, 6.07) is 14.0. The lowest BCUT2D eigenvalue weighted by Crippen LogP contribution is -2.29. The van der Waals surface area contributed by atoms with E-state index in [0.29, 0.717) is 16.7 Å². The number of hydrogen-bond acceptors (Lipinski definition) is 6. The fourth-order valence-corrected chi connectivity index (χ4v) is 3.95. The highest BCUT2D eigenvalue weighted by Gasteiger charge is 2.11. The number of ether oxygens (including phenoxy) is 1. The molecule has 0 radical (unpaired) electrons. The van der Waals surface area contributed by atoms with Crippen LogP contribution in [0.1, 0.15) is 30.4 Å². The molecule has 2 N–H and O–H groups in total. The Balaban J connectivity index is 1.47. The molecule has 7 heteroatoms. The minimum atomic E-state index is 0.546. The molecule has 0 spiro atoms. The number of methoxy groups -OCH3 is 1. The van der Waals surface area contributed by atoms with Crippen LogP contribution in [-0.2, 0) is 6.54 Å². The summed E-state index contributed by atoms with van der Waals surface area (Å²) in [5.41, 5.74) is 4.07. The summed E-state index contributed by atoms with van der Waals surface area (Å²) in [7, 11) is 1.60. The topological polar surface area (TPSA) is 62.3 Å². The molecule has 1 aromatic heterocycles. The molecule has 0 amide bonds. The van der Waals surface area contributed by atoms with Gasteiger partial charge in [0.1, 0.15) is 11.6 Å². The molecule has 0 atom stereocenters. The molecular formula is C24H28ClN5O. The van der Waals surface area contributed by atoms with E-state index in [9.17, 15) is 0 Å². The van der Waals surface area contributed by atoms with Crippen molar-refractivity contribution in [2.75, 3.05) is 30.8 Å². The van der Waals surface area contributed by atoms with Crippen molar-refractivity contribution in [3.05, 3.63) is 64.8 Å². The average molecular weight is 438 g/mol. The number of likely N-dealkylation sites (tertiary alicyclic amines) is 1. The number of anilines is 4. The van der Waals surface area contributed by atoms with Crippen LogP contribution in [0.5, 0.6) is 5.75 Å². The van der Waals surface area contributed by atoms with Gasteiger partial charge in [0.2, 0.25) is 5.95 Å². The molecule has 162 valence electrons. The van der Waals surface area contributed by atoms with Gasteiger partial charge in [-0.25, -0.2) is 4.98 Å². The third-order valence-electron chi connectivity index (χ3n) is 5.42. The second-order valence-corrected chi connectivity index (χ2v) is 8.27. The second-order valence-electron chi connectivity index (χ2n) is 7.86. The molecule has 4 rings (SSSR count). The number of benzene rings is 2. The summed E-state index contributed by atoms with van der Waals surface area (Å²) in [6.07, 6.45) is 5.75. The van der Waals surface area contributed by atoms with Gasteiger partial charge in [-0.1, -0.05) is 30.2 Å². The molecule has 2 heterocycles. The number of hydrogen-bond donors (Lipinski definition) is 2. The first-order chi connectivity index (χ1) is 15.1. The predicted octanol–water partition coefficient (Wildman–Crippen LogP) is 5.92. The maximum absolute atomic E-state index is 6.13. The van der Waals surface area contributed by atoms with Gasteiger partial charge in [-0.05, 0) is 62.7 Å². The molecule has 2 aromatic carbocycles. The van der Waals surface area contributed by atoms with Gasteiger partial charge in [0, 0.05) is 35.7 Å². The number of aromatic nitrogens is 2. The van der Waals surface area contributed by atoms with Crippen LogP contribution < -0.4 is 15.4 Å². The lowest BCUT2D eigenvalue weighted by Gasteiger charge is -2.26. The van der Waals surface area contributed by atoms with Crippen molar-refractivity contribution in [1.82, 2.24) is 14.9 Å².